The van der Waals surface area contributed by atoms with Crippen molar-refractivity contribution in [2.45, 2.75) is 6.61 Å². The Balaban J connectivity index is 2.87. The van der Waals surface area contributed by atoms with Crippen LogP contribution in [0.1, 0.15) is 5.56 Å². The maximum absolute atomic E-state index is 9.11. The topological polar surface area (TPSA) is 46.2 Å². The zero-order valence-electron chi connectivity index (χ0n) is 6.75. The maximum Gasteiger partial charge on any atom is 0.101 e. The van der Waals surface area contributed by atoms with Crippen molar-refractivity contribution in [2.75, 3.05) is 5.73 Å². The molecule has 2 rings (SSSR count). The molecule has 2 aromatic rings. The fourth-order valence-electron chi connectivity index (χ4n) is 1.33. The van der Waals surface area contributed by atoms with Crippen LogP contribution >= 0.6 is 27.3 Å². The van der Waals surface area contributed by atoms with Gasteiger partial charge in [-0.25, -0.2) is 0 Å². The molecule has 13 heavy (non-hydrogen) atoms. The summed E-state index contributed by atoms with van der Waals surface area (Å²) in [4.78, 5) is 0. The van der Waals surface area contributed by atoms with Crippen molar-refractivity contribution in [1.29, 1.82) is 0 Å². The molecule has 2 nitrogen and oxygen atoms in total. The third-order valence-electron chi connectivity index (χ3n) is 1.94. The lowest BCUT2D eigenvalue weighted by molar-refractivity contribution is 0.283. The number of hydrogen-bond acceptors (Lipinski definition) is 3. The average Bonchev–Trinajstić information content (AvgIpc) is 2.43. The van der Waals surface area contributed by atoms with E-state index in [-0.39, 0.29) is 6.61 Å². The first kappa shape index (κ1) is 8.99. The molecule has 0 atom stereocenters. The molecular formula is C9H8BrNOS. The number of halogens is 1. The van der Waals surface area contributed by atoms with E-state index in [1.807, 2.05) is 18.2 Å². The van der Waals surface area contributed by atoms with Gasteiger partial charge in [0, 0.05) is 10.1 Å². The van der Waals surface area contributed by atoms with Gasteiger partial charge in [-0.1, -0.05) is 12.1 Å². The van der Waals surface area contributed by atoms with Gasteiger partial charge in [0.25, 0.3) is 0 Å². The second-order valence-corrected chi connectivity index (χ2v) is 4.61. The number of fused-ring (bicyclic) bond motifs is 1. The van der Waals surface area contributed by atoms with Crippen LogP contribution in [-0.4, -0.2) is 5.11 Å². The van der Waals surface area contributed by atoms with Crippen molar-refractivity contribution in [3.05, 3.63) is 28.2 Å². The Morgan fingerprint density at radius 3 is 2.92 bits per heavy atom. The van der Waals surface area contributed by atoms with Crippen molar-refractivity contribution in [1.82, 2.24) is 0 Å². The molecule has 0 saturated carbocycles. The van der Waals surface area contributed by atoms with Gasteiger partial charge in [-0.15, -0.1) is 11.3 Å². The number of rotatable bonds is 1. The van der Waals surface area contributed by atoms with Crippen molar-refractivity contribution < 1.29 is 5.11 Å². The molecule has 3 N–H and O–H groups in total. The van der Waals surface area contributed by atoms with Crippen molar-refractivity contribution in [3.8, 4) is 0 Å². The fourth-order valence-corrected chi connectivity index (χ4v) is 3.08. The molecule has 0 radical (unpaired) electrons. The van der Waals surface area contributed by atoms with Crippen LogP contribution in [0.15, 0.2) is 22.7 Å². The van der Waals surface area contributed by atoms with Gasteiger partial charge >= 0.3 is 0 Å². The Morgan fingerprint density at radius 2 is 2.23 bits per heavy atom. The Labute approximate surface area is 88.1 Å². The summed E-state index contributed by atoms with van der Waals surface area (Å²) >= 11 is 4.94. The van der Waals surface area contributed by atoms with Crippen LogP contribution in [0.25, 0.3) is 10.1 Å². The van der Waals surface area contributed by atoms with E-state index in [1.165, 1.54) is 11.3 Å². The van der Waals surface area contributed by atoms with Crippen molar-refractivity contribution >= 4 is 42.4 Å². The van der Waals surface area contributed by atoms with E-state index >= 15 is 0 Å². The lowest BCUT2D eigenvalue weighted by atomic mass is 10.1. The Hall–Kier alpha value is -0.580. The third-order valence-corrected chi connectivity index (χ3v) is 4.01. The zero-order chi connectivity index (χ0) is 9.42. The lowest BCUT2D eigenvalue weighted by Crippen LogP contribution is -1.83. The molecule has 4 heteroatoms. The highest BCUT2D eigenvalue weighted by molar-refractivity contribution is 9.10. The van der Waals surface area contributed by atoms with Gasteiger partial charge in [0.15, 0.2) is 0 Å². The van der Waals surface area contributed by atoms with Gasteiger partial charge in [0.2, 0.25) is 0 Å². The maximum atomic E-state index is 9.11. The fraction of sp³-hybridized carbons (Fsp3) is 0.111. The molecule has 0 fully saturated rings. The molecule has 0 saturated heterocycles. The number of aliphatic hydroxyl groups excluding tert-OH is 1. The van der Waals surface area contributed by atoms with Crippen LogP contribution in [0.5, 0.6) is 0 Å². The summed E-state index contributed by atoms with van der Waals surface area (Å²) in [5, 5.41) is 10.9. The predicted octanol–water partition coefficient (Wildman–Crippen LogP) is 2.74. The van der Waals surface area contributed by atoms with Crippen molar-refractivity contribution in [3.63, 3.8) is 0 Å². The molecule has 0 bridgehead atoms. The first-order valence-corrected chi connectivity index (χ1v) is 5.41. The summed E-state index contributed by atoms with van der Waals surface area (Å²) < 4.78 is 2.01. The molecule has 0 unspecified atom stereocenters. The number of nitrogen functional groups attached to an aromatic ring is 1. The molecule has 1 aromatic carbocycles. The number of nitrogens with two attached hydrogens (primary N) is 1. The largest absolute Gasteiger partial charge is 0.392 e. The summed E-state index contributed by atoms with van der Waals surface area (Å²) in [5.74, 6) is 0. The quantitative estimate of drug-likeness (QED) is 0.826. The molecule has 0 aliphatic heterocycles. The number of anilines is 1. The van der Waals surface area contributed by atoms with Crippen LogP contribution < -0.4 is 5.73 Å². The van der Waals surface area contributed by atoms with E-state index < -0.39 is 0 Å². The molecule has 0 aliphatic carbocycles. The van der Waals surface area contributed by atoms with E-state index in [0.717, 1.165) is 25.1 Å². The van der Waals surface area contributed by atoms with Crippen LogP contribution in [0.4, 0.5) is 5.00 Å². The molecule has 0 aliphatic rings. The zero-order valence-corrected chi connectivity index (χ0v) is 9.15. The first-order chi connectivity index (χ1) is 6.24. The minimum absolute atomic E-state index is 0.0477. The SMILES string of the molecule is Nc1sc2cccc(CO)c2c1Br. The number of hydrogen-bond donors (Lipinski definition) is 2. The predicted molar refractivity (Wildman–Crippen MR) is 59.9 cm³/mol. The van der Waals surface area contributed by atoms with Gasteiger partial charge in [-0.05, 0) is 27.6 Å². The van der Waals surface area contributed by atoms with Gasteiger partial charge in [-0.2, -0.15) is 0 Å². The van der Waals surface area contributed by atoms with Crippen LogP contribution in [-0.2, 0) is 6.61 Å². The molecule has 0 spiro atoms. The standard InChI is InChI=1S/C9H8BrNOS/c10-8-7-5(4-12)2-1-3-6(7)13-9(8)11/h1-3,12H,4,11H2. The minimum Gasteiger partial charge on any atom is -0.392 e. The second-order valence-electron chi connectivity index (χ2n) is 2.73. The normalized spacial score (nSPS) is 10.9. The van der Waals surface area contributed by atoms with E-state index in [1.54, 1.807) is 0 Å². The van der Waals surface area contributed by atoms with E-state index in [4.69, 9.17) is 10.8 Å². The second kappa shape index (κ2) is 3.29. The summed E-state index contributed by atoms with van der Waals surface area (Å²) in [6.45, 7) is 0.0477. The summed E-state index contributed by atoms with van der Waals surface area (Å²) in [6, 6.07) is 5.83. The molecular weight excluding hydrogens is 250 g/mol. The van der Waals surface area contributed by atoms with E-state index in [9.17, 15) is 0 Å². The Kier molecular flexibility index (Phi) is 2.27. The van der Waals surface area contributed by atoms with Gasteiger partial charge < -0.3 is 10.8 Å². The van der Waals surface area contributed by atoms with E-state index in [2.05, 4.69) is 15.9 Å². The number of benzene rings is 1. The van der Waals surface area contributed by atoms with Crippen LogP contribution in [0, 0.1) is 0 Å². The minimum atomic E-state index is 0.0477. The smallest absolute Gasteiger partial charge is 0.101 e. The Morgan fingerprint density at radius 1 is 1.46 bits per heavy atom. The first-order valence-electron chi connectivity index (χ1n) is 3.80. The Bertz CT molecular complexity index is 452. The van der Waals surface area contributed by atoms with Crippen LogP contribution in [0.3, 0.4) is 0 Å². The monoisotopic (exact) mass is 257 g/mol. The molecule has 1 heterocycles. The molecule has 0 amide bonds. The number of thiophene rings is 1. The highest BCUT2D eigenvalue weighted by Crippen LogP contribution is 2.39. The van der Waals surface area contributed by atoms with Gasteiger partial charge in [0.05, 0.1) is 11.1 Å². The molecule has 1 aromatic heterocycles. The third kappa shape index (κ3) is 1.35. The van der Waals surface area contributed by atoms with Gasteiger partial charge in [0.1, 0.15) is 5.00 Å². The van der Waals surface area contributed by atoms with Gasteiger partial charge in [-0.3, -0.25) is 0 Å². The van der Waals surface area contributed by atoms with E-state index in [0.29, 0.717) is 0 Å². The number of aliphatic hydroxyl groups is 1. The van der Waals surface area contributed by atoms with Crippen molar-refractivity contribution in [2.24, 2.45) is 0 Å². The summed E-state index contributed by atoms with van der Waals surface area (Å²) in [7, 11) is 0. The summed E-state index contributed by atoms with van der Waals surface area (Å²) in [6.07, 6.45) is 0. The average molecular weight is 258 g/mol. The van der Waals surface area contributed by atoms with Crippen LogP contribution in [0.2, 0.25) is 0 Å². The lowest BCUT2D eigenvalue weighted by Gasteiger charge is -1.98. The summed E-state index contributed by atoms with van der Waals surface area (Å²) in [5.41, 5.74) is 6.68. The highest BCUT2D eigenvalue weighted by atomic mass is 79.9. The molecule has 68 valence electrons. The highest BCUT2D eigenvalue weighted by Gasteiger charge is 2.09.